The monoisotopic (exact) mass is 469 g/mol. The molecule has 0 atom stereocenters. The Labute approximate surface area is 161 Å². The van der Waals surface area contributed by atoms with Gasteiger partial charge in [-0.3, -0.25) is 4.79 Å². The molecule has 3 rings (SSSR count). The number of methoxy groups -OCH3 is 1. The van der Waals surface area contributed by atoms with Gasteiger partial charge in [0.2, 0.25) is 0 Å². The Bertz CT molecular complexity index is 933. The largest absolute Gasteiger partial charge is 0.496 e. The van der Waals surface area contributed by atoms with Gasteiger partial charge in [-0.1, -0.05) is 27.5 Å². The van der Waals surface area contributed by atoms with E-state index in [9.17, 15) is 4.79 Å². The van der Waals surface area contributed by atoms with Crippen molar-refractivity contribution in [3.05, 3.63) is 57.2 Å². The van der Waals surface area contributed by atoms with E-state index in [0.29, 0.717) is 16.3 Å². The van der Waals surface area contributed by atoms with Crippen molar-refractivity contribution in [2.45, 2.75) is 6.92 Å². The molecule has 0 spiro atoms. The van der Waals surface area contributed by atoms with Gasteiger partial charge in [-0.2, -0.15) is 0 Å². The maximum atomic E-state index is 12.5. The number of ether oxygens (including phenoxy) is 1. The molecule has 0 fully saturated rings. The van der Waals surface area contributed by atoms with E-state index in [1.165, 1.54) is 0 Å². The molecule has 0 bridgehead atoms. The summed E-state index contributed by atoms with van der Waals surface area (Å²) < 4.78 is 8.29. The zero-order valence-electron chi connectivity index (χ0n) is 13.1. The third kappa shape index (κ3) is 2.89. The van der Waals surface area contributed by atoms with E-state index < -0.39 is 0 Å². The SMILES string of the molecule is COc1cc2c(C(=O)CBr)c(C)n(-c3ccc(Cl)cc3)c2cc1Br. The van der Waals surface area contributed by atoms with E-state index >= 15 is 0 Å². The lowest BCUT2D eigenvalue weighted by Gasteiger charge is -2.10. The molecule has 0 N–H and O–H groups in total. The third-order valence-electron chi connectivity index (χ3n) is 3.96. The summed E-state index contributed by atoms with van der Waals surface area (Å²) in [4.78, 5) is 12.5. The van der Waals surface area contributed by atoms with Crippen molar-refractivity contribution < 1.29 is 9.53 Å². The van der Waals surface area contributed by atoms with Crippen molar-refractivity contribution in [3.63, 3.8) is 0 Å². The third-order valence-corrected chi connectivity index (χ3v) is 5.34. The van der Waals surface area contributed by atoms with Crippen LogP contribution < -0.4 is 4.74 Å². The Kier molecular flexibility index (Phi) is 5.04. The maximum Gasteiger partial charge on any atom is 0.175 e. The predicted octanol–water partition coefficient (Wildman–Crippen LogP) is 5.94. The highest BCUT2D eigenvalue weighted by atomic mass is 79.9. The summed E-state index contributed by atoms with van der Waals surface area (Å²) in [5.74, 6) is 0.731. The average Bonchev–Trinajstić information content (AvgIpc) is 2.85. The fourth-order valence-electron chi connectivity index (χ4n) is 2.91. The summed E-state index contributed by atoms with van der Waals surface area (Å²) in [6, 6.07) is 11.4. The van der Waals surface area contributed by atoms with Crippen LogP contribution in [0.4, 0.5) is 0 Å². The molecule has 0 aliphatic heterocycles. The van der Waals surface area contributed by atoms with E-state index in [4.69, 9.17) is 16.3 Å². The molecule has 24 heavy (non-hydrogen) atoms. The number of hydrogen-bond donors (Lipinski definition) is 0. The molecule has 0 radical (unpaired) electrons. The first kappa shape index (κ1) is 17.5. The molecule has 0 saturated heterocycles. The molecule has 0 aliphatic rings. The van der Waals surface area contributed by atoms with Crippen LogP contribution in [0, 0.1) is 6.92 Å². The minimum atomic E-state index is 0.0367. The molecule has 0 amide bonds. The quantitative estimate of drug-likeness (QED) is 0.348. The zero-order chi connectivity index (χ0) is 17.4. The summed E-state index contributed by atoms with van der Waals surface area (Å²) in [7, 11) is 1.61. The van der Waals surface area contributed by atoms with Crippen molar-refractivity contribution in [2.24, 2.45) is 0 Å². The van der Waals surface area contributed by atoms with Crippen LogP contribution in [0.3, 0.4) is 0 Å². The average molecular weight is 472 g/mol. The van der Waals surface area contributed by atoms with Crippen LogP contribution in [0.25, 0.3) is 16.6 Å². The van der Waals surface area contributed by atoms with Crippen molar-refractivity contribution in [3.8, 4) is 11.4 Å². The van der Waals surface area contributed by atoms with Gasteiger partial charge < -0.3 is 9.30 Å². The first-order valence-corrected chi connectivity index (χ1v) is 9.50. The zero-order valence-corrected chi connectivity index (χ0v) is 17.0. The van der Waals surface area contributed by atoms with Crippen molar-refractivity contribution in [1.82, 2.24) is 4.57 Å². The van der Waals surface area contributed by atoms with Gasteiger partial charge in [0, 0.05) is 27.4 Å². The van der Waals surface area contributed by atoms with Crippen LogP contribution in [0.2, 0.25) is 5.02 Å². The number of nitrogens with zero attached hydrogens (tertiary/aromatic N) is 1. The highest BCUT2D eigenvalue weighted by molar-refractivity contribution is 9.10. The summed E-state index contributed by atoms with van der Waals surface area (Å²) in [5.41, 5.74) is 3.47. The Hall–Kier alpha value is -1.30. The standard InChI is InChI=1S/C18H14Br2ClNO2/c1-10-18(16(23)9-19)13-7-17(24-2)14(20)8-15(13)22(10)12-5-3-11(21)4-6-12/h3-8H,9H2,1-2H3. The van der Waals surface area contributed by atoms with Gasteiger partial charge in [0.1, 0.15) is 5.75 Å². The van der Waals surface area contributed by atoms with Crippen LogP contribution in [0.5, 0.6) is 5.75 Å². The number of carbonyl (C=O) groups is 1. The number of rotatable bonds is 4. The van der Waals surface area contributed by atoms with Gasteiger partial charge in [0.05, 0.1) is 22.4 Å². The smallest absolute Gasteiger partial charge is 0.175 e. The summed E-state index contributed by atoms with van der Waals surface area (Å²) in [6.07, 6.45) is 0. The number of Topliss-reactive ketones (excluding diaryl/α,β-unsaturated/α-hetero) is 1. The van der Waals surface area contributed by atoms with Crippen LogP contribution >= 0.6 is 43.5 Å². The summed E-state index contributed by atoms with van der Waals surface area (Å²) in [5, 5.41) is 1.81. The molecule has 1 aromatic heterocycles. The topological polar surface area (TPSA) is 31.2 Å². The van der Waals surface area contributed by atoms with E-state index in [2.05, 4.69) is 36.4 Å². The number of carbonyl (C=O) groups excluding carboxylic acids is 1. The fourth-order valence-corrected chi connectivity index (χ4v) is 3.81. The number of fused-ring (bicyclic) bond motifs is 1. The summed E-state index contributed by atoms with van der Waals surface area (Å²) >= 11 is 12.8. The molecule has 3 nitrogen and oxygen atoms in total. The molecule has 3 aromatic rings. The normalized spacial score (nSPS) is 11.0. The minimum Gasteiger partial charge on any atom is -0.496 e. The van der Waals surface area contributed by atoms with E-state index in [1.54, 1.807) is 7.11 Å². The second-order valence-corrected chi connectivity index (χ2v) is 7.18. The molecule has 0 unspecified atom stereocenters. The van der Waals surface area contributed by atoms with Crippen LogP contribution in [-0.2, 0) is 0 Å². The van der Waals surface area contributed by atoms with Crippen molar-refractivity contribution in [2.75, 3.05) is 12.4 Å². The molecule has 0 saturated carbocycles. The number of aromatic nitrogens is 1. The van der Waals surface area contributed by atoms with Crippen LogP contribution in [0.15, 0.2) is 40.9 Å². The van der Waals surface area contributed by atoms with Gasteiger partial charge >= 0.3 is 0 Å². The first-order valence-electron chi connectivity index (χ1n) is 7.21. The second-order valence-electron chi connectivity index (χ2n) is 5.33. The lowest BCUT2D eigenvalue weighted by atomic mass is 10.1. The van der Waals surface area contributed by atoms with E-state index in [-0.39, 0.29) is 11.1 Å². The van der Waals surface area contributed by atoms with Gasteiger partial charge in [0.15, 0.2) is 5.78 Å². The van der Waals surface area contributed by atoms with Crippen molar-refractivity contribution >= 4 is 60.1 Å². The highest BCUT2D eigenvalue weighted by Gasteiger charge is 2.21. The Morgan fingerprint density at radius 3 is 2.50 bits per heavy atom. The van der Waals surface area contributed by atoms with E-state index in [1.807, 2.05) is 43.3 Å². The van der Waals surface area contributed by atoms with Gasteiger partial charge in [-0.05, 0) is 59.3 Å². The molecule has 1 heterocycles. The Morgan fingerprint density at radius 1 is 1.25 bits per heavy atom. The minimum absolute atomic E-state index is 0.0367. The molecular formula is C18H14Br2ClNO2. The molecular weight excluding hydrogens is 457 g/mol. The fraction of sp³-hybridized carbons (Fsp3) is 0.167. The van der Waals surface area contributed by atoms with E-state index in [0.717, 1.165) is 26.8 Å². The lowest BCUT2D eigenvalue weighted by molar-refractivity contribution is 0.102. The molecule has 0 aliphatic carbocycles. The molecule has 2 aromatic carbocycles. The number of hydrogen-bond acceptors (Lipinski definition) is 2. The highest BCUT2D eigenvalue weighted by Crippen LogP contribution is 2.37. The number of halogens is 3. The van der Waals surface area contributed by atoms with Gasteiger partial charge in [-0.25, -0.2) is 0 Å². The Balaban J connectivity index is 2.40. The maximum absolute atomic E-state index is 12.5. The number of alkyl halides is 1. The predicted molar refractivity (Wildman–Crippen MR) is 105 cm³/mol. The number of ketones is 1. The van der Waals surface area contributed by atoms with Crippen LogP contribution in [-0.4, -0.2) is 22.8 Å². The second kappa shape index (κ2) is 6.90. The molecule has 124 valence electrons. The van der Waals surface area contributed by atoms with Gasteiger partial charge in [0.25, 0.3) is 0 Å². The van der Waals surface area contributed by atoms with Gasteiger partial charge in [-0.15, -0.1) is 0 Å². The van der Waals surface area contributed by atoms with Crippen molar-refractivity contribution in [1.29, 1.82) is 0 Å². The lowest BCUT2D eigenvalue weighted by Crippen LogP contribution is -2.03. The van der Waals surface area contributed by atoms with Crippen LogP contribution in [0.1, 0.15) is 16.1 Å². The summed E-state index contributed by atoms with van der Waals surface area (Å²) in [6.45, 7) is 1.95. The first-order chi connectivity index (χ1) is 11.5. The molecule has 6 heteroatoms. The Morgan fingerprint density at radius 2 is 1.92 bits per heavy atom. The number of benzene rings is 2.